The maximum atomic E-state index is 11.8. The zero-order chi connectivity index (χ0) is 14.3. The molecular weight excluding hydrogens is 250 g/mol. The number of fused-ring (bicyclic) bond motifs is 1. The number of likely N-dealkylation sites (tertiary alicyclic amines) is 1. The third kappa shape index (κ3) is 2.19. The molecule has 0 saturated carbocycles. The van der Waals surface area contributed by atoms with Gasteiger partial charge in [-0.2, -0.15) is 0 Å². The largest absolute Gasteiger partial charge is 0.345 e. The lowest BCUT2D eigenvalue weighted by Gasteiger charge is -2.15. The fourth-order valence-corrected chi connectivity index (χ4v) is 3.00. The zero-order valence-corrected chi connectivity index (χ0v) is 12.3. The van der Waals surface area contributed by atoms with Crippen molar-refractivity contribution < 1.29 is 4.79 Å². The number of carbonyl (C=O) groups excluding carboxylic acids is 1. The molecular formula is C16H21N3O. The first-order valence-electron chi connectivity index (χ1n) is 7.25. The summed E-state index contributed by atoms with van der Waals surface area (Å²) in [7, 11) is 1.87. The number of amides is 1. The minimum atomic E-state index is 0.221. The minimum Gasteiger partial charge on any atom is -0.345 e. The van der Waals surface area contributed by atoms with Crippen LogP contribution in [0.4, 0.5) is 0 Å². The second-order valence-electron chi connectivity index (χ2n) is 6.14. The second kappa shape index (κ2) is 4.93. The Balaban J connectivity index is 2.07. The molecule has 1 aromatic heterocycles. The van der Waals surface area contributed by atoms with Crippen LogP contribution in [0.3, 0.4) is 0 Å². The summed E-state index contributed by atoms with van der Waals surface area (Å²) >= 11 is 0. The van der Waals surface area contributed by atoms with E-state index in [1.54, 1.807) is 0 Å². The lowest BCUT2D eigenvalue weighted by molar-refractivity contribution is -0.126. The van der Waals surface area contributed by atoms with Crippen molar-refractivity contribution >= 4 is 16.9 Å². The summed E-state index contributed by atoms with van der Waals surface area (Å²) in [6.07, 6.45) is 0.581. The Morgan fingerprint density at radius 1 is 1.35 bits per heavy atom. The molecule has 1 fully saturated rings. The highest BCUT2D eigenvalue weighted by Crippen LogP contribution is 2.30. The molecule has 4 heteroatoms. The molecule has 0 unspecified atom stereocenters. The smallest absolute Gasteiger partial charge is 0.223 e. The van der Waals surface area contributed by atoms with E-state index >= 15 is 0 Å². The SMILES string of the molecule is CC(C)Cn1c([C@@H]2CC(=O)N(C)C2)nc2ccccc21. The molecule has 4 nitrogen and oxygen atoms in total. The lowest BCUT2D eigenvalue weighted by Crippen LogP contribution is -2.19. The highest BCUT2D eigenvalue weighted by atomic mass is 16.2. The fourth-order valence-electron chi connectivity index (χ4n) is 3.00. The van der Waals surface area contributed by atoms with Gasteiger partial charge in [0.15, 0.2) is 0 Å². The second-order valence-corrected chi connectivity index (χ2v) is 6.14. The van der Waals surface area contributed by atoms with Crippen LogP contribution in [0.15, 0.2) is 24.3 Å². The molecule has 0 radical (unpaired) electrons. The van der Waals surface area contributed by atoms with E-state index in [0.717, 1.165) is 24.4 Å². The number of nitrogens with zero attached hydrogens (tertiary/aromatic N) is 3. The van der Waals surface area contributed by atoms with Gasteiger partial charge in [-0.1, -0.05) is 26.0 Å². The van der Waals surface area contributed by atoms with Crippen molar-refractivity contribution in [2.75, 3.05) is 13.6 Å². The summed E-state index contributed by atoms with van der Waals surface area (Å²) in [5.74, 6) is 2.07. The van der Waals surface area contributed by atoms with Crippen LogP contribution in [0.1, 0.15) is 32.0 Å². The summed E-state index contributed by atoms with van der Waals surface area (Å²) in [4.78, 5) is 18.4. The van der Waals surface area contributed by atoms with Gasteiger partial charge in [0, 0.05) is 32.5 Å². The van der Waals surface area contributed by atoms with Gasteiger partial charge in [0.2, 0.25) is 5.91 Å². The highest BCUT2D eigenvalue weighted by molar-refractivity contribution is 5.80. The van der Waals surface area contributed by atoms with E-state index in [-0.39, 0.29) is 11.8 Å². The third-order valence-electron chi connectivity index (χ3n) is 3.94. The number of likely N-dealkylation sites (N-methyl/N-ethyl adjacent to an activating group) is 1. The number of para-hydroxylation sites is 2. The Kier molecular flexibility index (Phi) is 3.24. The Morgan fingerprint density at radius 2 is 2.10 bits per heavy atom. The first kappa shape index (κ1) is 13.2. The maximum absolute atomic E-state index is 11.8. The van der Waals surface area contributed by atoms with Crippen LogP contribution in [0.5, 0.6) is 0 Å². The van der Waals surface area contributed by atoms with Crippen LogP contribution in [0.25, 0.3) is 11.0 Å². The van der Waals surface area contributed by atoms with Crippen LogP contribution in [-0.4, -0.2) is 34.0 Å². The van der Waals surface area contributed by atoms with E-state index in [2.05, 4.69) is 36.6 Å². The summed E-state index contributed by atoms with van der Waals surface area (Å²) in [5.41, 5.74) is 2.21. The van der Waals surface area contributed by atoms with Crippen LogP contribution in [0, 0.1) is 5.92 Å². The molecule has 1 aromatic carbocycles. The van der Waals surface area contributed by atoms with Crippen molar-refractivity contribution in [1.82, 2.24) is 14.5 Å². The molecule has 0 aliphatic carbocycles. The average Bonchev–Trinajstić information content (AvgIpc) is 2.91. The van der Waals surface area contributed by atoms with Crippen LogP contribution >= 0.6 is 0 Å². The Morgan fingerprint density at radius 3 is 2.75 bits per heavy atom. The molecule has 0 spiro atoms. The number of hydrogen-bond donors (Lipinski definition) is 0. The van der Waals surface area contributed by atoms with Gasteiger partial charge in [0.05, 0.1) is 11.0 Å². The first-order chi connectivity index (χ1) is 9.56. The van der Waals surface area contributed by atoms with Crippen molar-refractivity contribution in [2.45, 2.75) is 32.7 Å². The van der Waals surface area contributed by atoms with Crippen molar-refractivity contribution in [3.8, 4) is 0 Å². The Bertz CT molecular complexity index is 644. The molecule has 20 heavy (non-hydrogen) atoms. The maximum Gasteiger partial charge on any atom is 0.223 e. The summed E-state index contributed by atoms with van der Waals surface area (Å²) in [5, 5.41) is 0. The number of rotatable bonds is 3. The molecule has 1 saturated heterocycles. The van der Waals surface area contributed by atoms with Gasteiger partial charge in [0.1, 0.15) is 5.82 Å². The molecule has 2 aromatic rings. The van der Waals surface area contributed by atoms with E-state index in [4.69, 9.17) is 4.98 Å². The van der Waals surface area contributed by atoms with E-state index in [0.29, 0.717) is 12.3 Å². The number of aromatic nitrogens is 2. The molecule has 1 aliphatic rings. The van der Waals surface area contributed by atoms with Gasteiger partial charge >= 0.3 is 0 Å². The van der Waals surface area contributed by atoms with Crippen LogP contribution < -0.4 is 0 Å². The zero-order valence-electron chi connectivity index (χ0n) is 12.3. The van der Waals surface area contributed by atoms with Crippen molar-refractivity contribution in [3.63, 3.8) is 0 Å². The molecule has 106 valence electrons. The number of imidazole rings is 1. The monoisotopic (exact) mass is 271 g/mol. The van der Waals surface area contributed by atoms with Gasteiger partial charge in [-0.25, -0.2) is 4.98 Å². The number of hydrogen-bond acceptors (Lipinski definition) is 2. The highest BCUT2D eigenvalue weighted by Gasteiger charge is 2.31. The standard InChI is InChI=1S/C16H21N3O/c1-11(2)9-19-14-7-5-4-6-13(14)17-16(19)12-8-15(20)18(3)10-12/h4-7,11-12H,8-10H2,1-3H3/t12-/m1/s1. The van der Waals surface area contributed by atoms with Gasteiger partial charge < -0.3 is 9.47 Å². The normalized spacial score (nSPS) is 19.5. The average molecular weight is 271 g/mol. The minimum absolute atomic E-state index is 0.221. The quantitative estimate of drug-likeness (QED) is 0.860. The molecule has 1 atom stereocenters. The van der Waals surface area contributed by atoms with Gasteiger partial charge in [-0.15, -0.1) is 0 Å². The molecule has 1 aliphatic heterocycles. The number of benzene rings is 1. The van der Waals surface area contributed by atoms with Crippen LogP contribution in [-0.2, 0) is 11.3 Å². The third-order valence-corrected chi connectivity index (χ3v) is 3.94. The fraction of sp³-hybridized carbons (Fsp3) is 0.500. The predicted molar refractivity (Wildman–Crippen MR) is 79.6 cm³/mol. The molecule has 3 rings (SSSR count). The van der Waals surface area contributed by atoms with E-state index in [1.165, 1.54) is 5.52 Å². The van der Waals surface area contributed by atoms with E-state index in [9.17, 15) is 4.79 Å². The summed E-state index contributed by atoms with van der Waals surface area (Å²) in [6.45, 7) is 6.15. The molecule has 0 N–H and O–H groups in total. The Labute approximate surface area is 119 Å². The van der Waals surface area contributed by atoms with Crippen molar-refractivity contribution in [2.24, 2.45) is 5.92 Å². The van der Waals surface area contributed by atoms with Gasteiger partial charge in [-0.3, -0.25) is 4.79 Å². The van der Waals surface area contributed by atoms with Crippen molar-refractivity contribution in [1.29, 1.82) is 0 Å². The van der Waals surface area contributed by atoms with Gasteiger partial charge in [-0.05, 0) is 18.1 Å². The summed E-state index contributed by atoms with van der Waals surface area (Å²) in [6, 6.07) is 8.24. The van der Waals surface area contributed by atoms with E-state index < -0.39 is 0 Å². The molecule has 0 bridgehead atoms. The first-order valence-corrected chi connectivity index (χ1v) is 7.25. The van der Waals surface area contributed by atoms with Crippen LogP contribution in [0.2, 0.25) is 0 Å². The number of carbonyl (C=O) groups is 1. The topological polar surface area (TPSA) is 38.1 Å². The lowest BCUT2D eigenvalue weighted by atomic mass is 10.1. The van der Waals surface area contributed by atoms with Gasteiger partial charge in [0.25, 0.3) is 0 Å². The predicted octanol–water partition coefficient (Wildman–Crippen LogP) is 2.64. The summed E-state index contributed by atoms with van der Waals surface area (Å²) < 4.78 is 2.30. The molecule has 2 heterocycles. The Hall–Kier alpha value is -1.84. The molecule has 1 amide bonds. The van der Waals surface area contributed by atoms with Crippen molar-refractivity contribution in [3.05, 3.63) is 30.1 Å². The van der Waals surface area contributed by atoms with E-state index in [1.807, 2.05) is 18.0 Å².